The summed E-state index contributed by atoms with van der Waals surface area (Å²) in [5, 5.41) is 23.0. The third-order valence-electron chi connectivity index (χ3n) is 4.84. The molecule has 1 fully saturated rings. The first-order valence-corrected chi connectivity index (χ1v) is 10.6. The molecule has 1 amide bonds. The van der Waals surface area contributed by atoms with E-state index in [4.69, 9.17) is 0 Å². The summed E-state index contributed by atoms with van der Waals surface area (Å²) in [6, 6.07) is 11.0. The molecule has 3 rings (SSSR count). The van der Waals surface area contributed by atoms with Crippen molar-refractivity contribution in [1.82, 2.24) is 9.73 Å². The molecule has 1 saturated heterocycles. The van der Waals surface area contributed by atoms with Crippen LogP contribution in [0.4, 0.5) is 0 Å². The van der Waals surface area contributed by atoms with Gasteiger partial charge in [-0.2, -0.15) is 9.41 Å². The maximum Gasteiger partial charge on any atom is 0.244 e. The molecule has 9 heteroatoms. The van der Waals surface area contributed by atoms with E-state index in [2.05, 4.69) is 10.5 Å². The molecule has 1 atom stereocenters. The molecule has 0 saturated carbocycles. The zero-order valence-corrected chi connectivity index (χ0v) is 16.8. The van der Waals surface area contributed by atoms with Crippen LogP contribution in [0, 0.1) is 12.8 Å². The Bertz CT molecular complexity index is 1020. The average molecular weight is 417 g/mol. The van der Waals surface area contributed by atoms with Gasteiger partial charge in [-0.05, 0) is 44.0 Å². The summed E-state index contributed by atoms with van der Waals surface area (Å²) in [5.41, 5.74) is 3.60. The van der Waals surface area contributed by atoms with Gasteiger partial charge in [-0.3, -0.25) is 4.79 Å². The molecule has 1 aliphatic rings. The molecule has 0 radical (unpaired) electrons. The van der Waals surface area contributed by atoms with Crippen LogP contribution in [0.2, 0.25) is 0 Å². The normalized spacial score (nSPS) is 18.0. The molecule has 0 bridgehead atoms. The van der Waals surface area contributed by atoms with Gasteiger partial charge in [-0.15, -0.1) is 0 Å². The quantitative estimate of drug-likeness (QED) is 0.390. The van der Waals surface area contributed by atoms with E-state index in [1.165, 1.54) is 28.7 Å². The number of phenolic OH excluding ortho intramolecular Hbond substituents is 2. The van der Waals surface area contributed by atoms with Gasteiger partial charge in [0, 0.05) is 18.7 Å². The number of amides is 1. The summed E-state index contributed by atoms with van der Waals surface area (Å²) >= 11 is 0. The molecule has 0 aromatic heterocycles. The van der Waals surface area contributed by atoms with E-state index in [1.54, 1.807) is 24.3 Å². The van der Waals surface area contributed by atoms with Crippen LogP contribution in [0.5, 0.6) is 11.5 Å². The average Bonchev–Trinajstić information content (AvgIpc) is 2.71. The van der Waals surface area contributed by atoms with Crippen molar-refractivity contribution in [1.29, 1.82) is 0 Å². The Hall–Kier alpha value is -2.91. The summed E-state index contributed by atoms with van der Waals surface area (Å²) in [6.07, 6.45) is 2.34. The summed E-state index contributed by atoms with van der Waals surface area (Å²) in [7, 11) is -3.67. The Morgan fingerprint density at radius 2 is 1.93 bits per heavy atom. The molecule has 1 heterocycles. The van der Waals surface area contributed by atoms with Gasteiger partial charge in [0.25, 0.3) is 0 Å². The molecule has 1 aliphatic heterocycles. The standard InChI is InChI=1S/C20H23N3O5S/c1-14-7-9-17(10-8-14)29(27,28)23-11-3-5-16(13-23)20(26)22-21-12-15-4-2-6-18(24)19(15)25/h2,4,6-10,12,16,24-25H,3,5,11,13H2,1H3,(H,22,26)/b21-12+/t16-/m1/s1. The lowest BCUT2D eigenvalue weighted by Gasteiger charge is -2.30. The number of hydrazone groups is 1. The first kappa shape index (κ1) is 20.8. The van der Waals surface area contributed by atoms with Gasteiger partial charge in [0.2, 0.25) is 15.9 Å². The maximum atomic E-state index is 12.8. The largest absolute Gasteiger partial charge is 0.504 e. The number of aromatic hydroxyl groups is 2. The van der Waals surface area contributed by atoms with Crippen LogP contribution >= 0.6 is 0 Å². The Morgan fingerprint density at radius 3 is 2.66 bits per heavy atom. The van der Waals surface area contributed by atoms with Crippen molar-refractivity contribution < 1.29 is 23.4 Å². The highest BCUT2D eigenvalue weighted by Gasteiger charge is 2.33. The highest BCUT2D eigenvalue weighted by Crippen LogP contribution is 2.27. The second-order valence-corrected chi connectivity index (χ2v) is 8.90. The van der Waals surface area contributed by atoms with Crippen LogP contribution in [0.25, 0.3) is 0 Å². The number of aryl methyl sites for hydroxylation is 1. The number of piperidine rings is 1. The van der Waals surface area contributed by atoms with Crippen molar-refractivity contribution in [3.05, 3.63) is 53.6 Å². The van der Waals surface area contributed by atoms with Crippen LogP contribution in [-0.2, 0) is 14.8 Å². The maximum absolute atomic E-state index is 12.8. The van der Waals surface area contributed by atoms with Crippen LogP contribution < -0.4 is 5.43 Å². The zero-order chi connectivity index (χ0) is 21.0. The predicted octanol–water partition coefficient (Wildman–Crippen LogP) is 1.96. The summed E-state index contributed by atoms with van der Waals surface area (Å²) in [6.45, 7) is 2.32. The highest BCUT2D eigenvalue weighted by molar-refractivity contribution is 7.89. The molecule has 0 aliphatic carbocycles. The van der Waals surface area contributed by atoms with Crippen LogP contribution in [0.1, 0.15) is 24.0 Å². The molecular formula is C20H23N3O5S. The minimum atomic E-state index is -3.67. The summed E-state index contributed by atoms with van der Waals surface area (Å²) in [5.74, 6) is -1.55. The number of nitrogens with zero attached hydrogens (tertiary/aromatic N) is 2. The van der Waals surface area contributed by atoms with Crippen molar-refractivity contribution in [2.24, 2.45) is 11.0 Å². The fourth-order valence-electron chi connectivity index (χ4n) is 3.14. The third-order valence-corrected chi connectivity index (χ3v) is 6.72. The molecule has 29 heavy (non-hydrogen) atoms. The lowest BCUT2D eigenvalue weighted by molar-refractivity contribution is -0.126. The Kier molecular flexibility index (Phi) is 6.19. The van der Waals surface area contributed by atoms with Crippen molar-refractivity contribution in [2.45, 2.75) is 24.7 Å². The van der Waals surface area contributed by atoms with E-state index < -0.39 is 21.8 Å². The second kappa shape index (κ2) is 8.62. The first-order chi connectivity index (χ1) is 13.8. The van der Waals surface area contributed by atoms with Crippen molar-refractivity contribution >= 4 is 22.1 Å². The van der Waals surface area contributed by atoms with Gasteiger partial charge in [-0.25, -0.2) is 13.8 Å². The number of hydrogen-bond acceptors (Lipinski definition) is 6. The van der Waals surface area contributed by atoms with Gasteiger partial charge in [0.1, 0.15) is 0 Å². The fourth-order valence-corrected chi connectivity index (χ4v) is 4.67. The summed E-state index contributed by atoms with van der Waals surface area (Å²) < 4.78 is 27.0. The molecule has 2 aromatic rings. The Balaban J connectivity index is 1.65. The van der Waals surface area contributed by atoms with E-state index in [0.717, 1.165) is 5.56 Å². The molecule has 0 spiro atoms. The van der Waals surface area contributed by atoms with Crippen LogP contribution in [-0.4, -0.2) is 48.1 Å². The van der Waals surface area contributed by atoms with E-state index in [0.29, 0.717) is 19.4 Å². The SMILES string of the molecule is Cc1ccc(S(=O)(=O)N2CCC[C@@H](C(=O)N/N=C/c3cccc(O)c3O)C2)cc1. The van der Waals surface area contributed by atoms with Gasteiger partial charge < -0.3 is 10.2 Å². The van der Waals surface area contributed by atoms with Crippen LogP contribution in [0.3, 0.4) is 0 Å². The number of rotatable bonds is 5. The molecule has 154 valence electrons. The monoisotopic (exact) mass is 417 g/mol. The molecule has 8 nitrogen and oxygen atoms in total. The number of sulfonamides is 1. The number of phenols is 2. The second-order valence-electron chi connectivity index (χ2n) is 6.96. The number of carbonyl (C=O) groups excluding carboxylic acids is 1. The zero-order valence-electron chi connectivity index (χ0n) is 15.9. The smallest absolute Gasteiger partial charge is 0.244 e. The molecular weight excluding hydrogens is 394 g/mol. The van der Waals surface area contributed by atoms with E-state index in [9.17, 15) is 23.4 Å². The number of carbonyl (C=O) groups is 1. The molecule has 2 aromatic carbocycles. The van der Waals surface area contributed by atoms with Crippen LogP contribution in [0.15, 0.2) is 52.5 Å². The van der Waals surface area contributed by atoms with Crippen molar-refractivity contribution in [3.8, 4) is 11.5 Å². The lowest BCUT2D eigenvalue weighted by atomic mass is 9.99. The van der Waals surface area contributed by atoms with E-state index >= 15 is 0 Å². The van der Waals surface area contributed by atoms with Gasteiger partial charge in [-0.1, -0.05) is 23.8 Å². The fraction of sp³-hybridized carbons (Fsp3) is 0.300. The highest BCUT2D eigenvalue weighted by atomic mass is 32.2. The molecule has 0 unspecified atom stereocenters. The molecule has 3 N–H and O–H groups in total. The van der Waals surface area contributed by atoms with Gasteiger partial charge >= 0.3 is 0 Å². The van der Waals surface area contributed by atoms with Gasteiger partial charge in [0.15, 0.2) is 11.5 Å². The topological polar surface area (TPSA) is 119 Å². The third kappa shape index (κ3) is 4.75. The number of nitrogens with one attached hydrogen (secondary N) is 1. The Morgan fingerprint density at radius 1 is 1.21 bits per heavy atom. The van der Waals surface area contributed by atoms with Crippen molar-refractivity contribution in [2.75, 3.05) is 13.1 Å². The minimum absolute atomic E-state index is 0.0783. The predicted molar refractivity (Wildman–Crippen MR) is 108 cm³/mol. The van der Waals surface area contributed by atoms with E-state index in [1.807, 2.05) is 6.92 Å². The number of hydrogen-bond donors (Lipinski definition) is 3. The summed E-state index contributed by atoms with van der Waals surface area (Å²) in [4.78, 5) is 12.6. The van der Waals surface area contributed by atoms with E-state index in [-0.39, 0.29) is 28.5 Å². The van der Waals surface area contributed by atoms with Gasteiger partial charge in [0.05, 0.1) is 17.0 Å². The lowest BCUT2D eigenvalue weighted by Crippen LogP contribution is -2.44. The Labute approximate surface area is 169 Å². The van der Waals surface area contributed by atoms with Crippen molar-refractivity contribution in [3.63, 3.8) is 0 Å². The minimum Gasteiger partial charge on any atom is -0.504 e. The number of benzene rings is 2. The first-order valence-electron chi connectivity index (χ1n) is 9.19. The number of para-hydroxylation sites is 1.